The van der Waals surface area contributed by atoms with Crippen molar-refractivity contribution in [2.24, 2.45) is 4.99 Å². The van der Waals surface area contributed by atoms with Crippen molar-refractivity contribution in [1.82, 2.24) is 9.38 Å². The molecule has 0 atom stereocenters. The van der Waals surface area contributed by atoms with Crippen LogP contribution in [0.2, 0.25) is 0 Å². The third-order valence-corrected chi connectivity index (χ3v) is 7.58. The highest BCUT2D eigenvalue weighted by molar-refractivity contribution is 7.17. The lowest BCUT2D eigenvalue weighted by atomic mass is 9.93. The average molecular weight is 462 g/mol. The van der Waals surface area contributed by atoms with E-state index in [1.54, 1.807) is 13.0 Å². The third-order valence-electron chi connectivity index (χ3n) is 6.48. The van der Waals surface area contributed by atoms with Crippen LogP contribution in [-0.2, 0) is 6.42 Å². The summed E-state index contributed by atoms with van der Waals surface area (Å²) in [6.45, 7) is 9.98. The summed E-state index contributed by atoms with van der Waals surface area (Å²) in [5.74, 6) is -0.703. The first kappa shape index (κ1) is 21.6. The minimum absolute atomic E-state index is 0.0812. The molecule has 0 saturated heterocycles. The third kappa shape index (κ3) is 3.60. The number of hydrogen-bond donors (Lipinski definition) is 2. The highest BCUT2D eigenvalue weighted by atomic mass is 32.1. The summed E-state index contributed by atoms with van der Waals surface area (Å²) in [5, 5.41) is 9.73. The van der Waals surface area contributed by atoms with Crippen LogP contribution in [0.25, 0.3) is 10.4 Å². The lowest BCUT2D eigenvalue weighted by molar-refractivity contribution is 0.0688. The summed E-state index contributed by atoms with van der Waals surface area (Å²) in [5.41, 5.74) is 9.27. The van der Waals surface area contributed by atoms with Gasteiger partial charge in [-0.3, -0.25) is 14.2 Å². The summed E-state index contributed by atoms with van der Waals surface area (Å²) in [7, 11) is 0. The number of nitrogens with one attached hydrogen (secondary N) is 1. The molecule has 2 aliphatic rings. The SMILES string of the molecule is CC1=CC(C)=N/C1=C(/Cc1cc(=O)n2c(C(=O)O)c(C)sc2c1C1CC1)c1[nH]c(C)cc1C. The normalized spacial score (nSPS) is 17.5. The van der Waals surface area contributed by atoms with Crippen molar-refractivity contribution in [3.63, 3.8) is 0 Å². The van der Waals surface area contributed by atoms with Crippen molar-refractivity contribution < 1.29 is 9.90 Å². The number of carboxylic acids is 1. The van der Waals surface area contributed by atoms with Gasteiger partial charge in [0.1, 0.15) is 10.5 Å². The molecule has 1 aliphatic heterocycles. The molecule has 6 nitrogen and oxygen atoms in total. The number of aryl methyl sites for hydroxylation is 3. The summed E-state index contributed by atoms with van der Waals surface area (Å²) in [6.07, 6.45) is 4.77. The molecule has 0 unspecified atom stereocenters. The molecule has 1 aliphatic carbocycles. The van der Waals surface area contributed by atoms with E-state index < -0.39 is 5.97 Å². The number of fused-ring (bicyclic) bond motifs is 1. The predicted molar refractivity (Wildman–Crippen MR) is 133 cm³/mol. The van der Waals surface area contributed by atoms with Crippen molar-refractivity contribution in [3.05, 3.63) is 78.5 Å². The zero-order valence-electron chi connectivity index (χ0n) is 19.5. The Morgan fingerprint density at radius 1 is 1.21 bits per heavy atom. The number of hydrogen-bond acceptors (Lipinski definition) is 4. The fraction of sp³-hybridized carbons (Fsp3) is 0.346. The molecule has 0 aromatic carbocycles. The molecule has 7 heteroatoms. The van der Waals surface area contributed by atoms with E-state index in [0.717, 1.165) is 68.3 Å². The fourth-order valence-corrected chi connectivity index (χ4v) is 6.27. The van der Waals surface area contributed by atoms with E-state index in [0.29, 0.717) is 17.2 Å². The topological polar surface area (TPSA) is 86.9 Å². The first-order valence-electron chi connectivity index (χ1n) is 11.2. The Hall–Kier alpha value is -3.19. The quantitative estimate of drug-likeness (QED) is 0.521. The van der Waals surface area contributed by atoms with Crippen LogP contribution in [0.3, 0.4) is 0 Å². The number of aliphatic imine (C=N–C) groups is 1. The zero-order valence-corrected chi connectivity index (χ0v) is 20.3. The molecule has 4 heterocycles. The van der Waals surface area contributed by atoms with Gasteiger partial charge in [-0.2, -0.15) is 0 Å². The van der Waals surface area contributed by atoms with Crippen LogP contribution in [0.15, 0.2) is 39.3 Å². The van der Waals surface area contributed by atoms with Gasteiger partial charge in [0, 0.05) is 40.0 Å². The number of carboxylic acid groups (broad SMARTS) is 1. The number of pyridine rings is 1. The molecule has 1 fully saturated rings. The molecule has 5 rings (SSSR count). The minimum Gasteiger partial charge on any atom is -0.477 e. The summed E-state index contributed by atoms with van der Waals surface area (Å²) in [6, 6.07) is 3.78. The summed E-state index contributed by atoms with van der Waals surface area (Å²) >= 11 is 1.41. The van der Waals surface area contributed by atoms with E-state index in [-0.39, 0.29) is 11.3 Å². The average Bonchev–Trinajstić information content (AvgIpc) is 3.29. The number of nitrogens with zero attached hydrogens (tertiary/aromatic N) is 2. The Balaban J connectivity index is 1.77. The largest absolute Gasteiger partial charge is 0.477 e. The van der Waals surface area contributed by atoms with Crippen molar-refractivity contribution in [3.8, 4) is 0 Å². The van der Waals surface area contributed by atoms with E-state index in [1.807, 2.05) is 13.8 Å². The van der Waals surface area contributed by atoms with Gasteiger partial charge >= 0.3 is 5.97 Å². The van der Waals surface area contributed by atoms with E-state index >= 15 is 0 Å². The molecule has 170 valence electrons. The summed E-state index contributed by atoms with van der Waals surface area (Å²) < 4.78 is 1.40. The minimum atomic E-state index is -1.06. The van der Waals surface area contributed by atoms with Gasteiger partial charge in [-0.05, 0) is 87.8 Å². The van der Waals surface area contributed by atoms with Gasteiger partial charge in [0.05, 0.1) is 5.70 Å². The zero-order chi connectivity index (χ0) is 23.6. The van der Waals surface area contributed by atoms with Crippen molar-refractivity contribution in [1.29, 1.82) is 0 Å². The van der Waals surface area contributed by atoms with Gasteiger partial charge in [-0.1, -0.05) is 0 Å². The van der Waals surface area contributed by atoms with Gasteiger partial charge in [0.2, 0.25) is 0 Å². The number of rotatable bonds is 5. The fourth-order valence-electron chi connectivity index (χ4n) is 5.02. The van der Waals surface area contributed by atoms with Crippen LogP contribution in [0.1, 0.15) is 76.1 Å². The molecular weight excluding hydrogens is 434 g/mol. The number of aromatic carboxylic acids is 1. The monoisotopic (exact) mass is 461 g/mol. The number of allylic oxidation sites excluding steroid dienone is 3. The van der Waals surface area contributed by atoms with Crippen LogP contribution in [0.5, 0.6) is 0 Å². The molecule has 33 heavy (non-hydrogen) atoms. The second-order valence-corrected chi connectivity index (χ2v) is 10.4. The van der Waals surface area contributed by atoms with Crippen molar-refractivity contribution >= 4 is 33.4 Å². The first-order chi connectivity index (χ1) is 15.7. The Morgan fingerprint density at radius 2 is 1.94 bits per heavy atom. The van der Waals surface area contributed by atoms with Gasteiger partial charge in [0.15, 0.2) is 0 Å². The van der Waals surface area contributed by atoms with E-state index in [4.69, 9.17) is 4.99 Å². The Morgan fingerprint density at radius 3 is 2.48 bits per heavy atom. The number of H-pyrrole nitrogens is 1. The smallest absolute Gasteiger partial charge is 0.354 e. The van der Waals surface area contributed by atoms with Gasteiger partial charge < -0.3 is 10.1 Å². The molecule has 0 spiro atoms. The van der Waals surface area contributed by atoms with Crippen molar-refractivity contribution in [2.45, 2.75) is 59.8 Å². The van der Waals surface area contributed by atoms with Crippen LogP contribution >= 0.6 is 11.3 Å². The second kappa shape index (κ2) is 7.70. The van der Waals surface area contributed by atoms with Crippen LogP contribution in [-0.4, -0.2) is 26.2 Å². The van der Waals surface area contributed by atoms with E-state index in [9.17, 15) is 14.7 Å². The maximum Gasteiger partial charge on any atom is 0.354 e. The number of aromatic nitrogens is 2. The van der Waals surface area contributed by atoms with Gasteiger partial charge in [-0.15, -0.1) is 11.3 Å². The Kier molecular flexibility index (Phi) is 5.05. The predicted octanol–water partition coefficient (Wildman–Crippen LogP) is 5.56. The van der Waals surface area contributed by atoms with E-state index in [1.165, 1.54) is 15.7 Å². The second-order valence-electron chi connectivity index (χ2n) is 9.24. The molecule has 0 amide bonds. The highest BCUT2D eigenvalue weighted by Crippen LogP contribution is 2.46. The molecule has 1 saturated carbocycles. The van der Waals surface area contributed by atoms with Gasteiger partial charge in [-0.25, -0.2) is 4.79 Å². The molecule has 3 aromatic heterocycles. The van der Waals surface area contributed by atoms with E-state index in [2.05, 4.69) is 31.0 Å². The molecule has 3 aromatic rings. The number of thiazole rings is 1. The van der Waals surface area contributed by atoms with Crippen LogP contribution in [0.4, 0.5) is 0 Å². The van der Waals surface area contributed by atoms with Crippen LogP contribution < -0.4 is 5.56 Å². The van der Waals surface area contributed by atoms with Crippen LogP contribution in [0, 0.1) is 20.8 Å². The molecule has 0 radical (unpaired) electrons. The lowest BCUT2D eigenvalue weighted by Gasteiger charge is -2.16. The standard InChI is InChI=1S/C26H27N3O3S/c1-12-8-14(3)27-22(12)19(23-13(2)9-15(4)28-23)10-18-11-20(30)29-24(26(31)32)16(5)33-25(29)21(18)17-6-7-17/h8-9,11,17,27H,6-7,10H2,1-5H3,(H,31,32)/b23-19-. The summed E-state index contributed by atoms with van der Waals surface area (Å²) in [4.78, 5) is 34.9. The Labute approximate surface area is 196 Å². The number of aromatic amines is 1. The highest BCUT2D eigenvalue weighted by Gasteiger charge is 2.32. The first-order valence-corrected chi connectivity index (χ1v) is 12.0. The molecule has 2 N–H and O–H groups in total. The molecular formula is C26H27N3O3S. The maximum atomic E-state index is 13.2. The number of carbonyl (C=O) groups is 1. The maximum absolute atomic E-state index is 13.2. The lowest BCUT2D eigenvalue weighted by Crippen LogP contribution is -2.20. The van der Waals surface area contributed by atoms with Crippen molar-refractivity contribution in [2.75, 3.05) is 0 Å². The Bertz CT molecular complexity index is 1490. The molecule has 0 bridgehead atoms. The van der Waals surface area contributed by atoms with Gasteiger partial charge in [0.25, 0.3) is 5.56 Å².